The van der Waals surface area contributed by atoms with Gasteiger partial charge in [-0.2, -0.15) is 0 Å². The van der Waals surface area contributed by atoms with Crippen molar-refractivity contribution >= 4 is 26.4 Å². The predicted molar refractivity (Wildman–Crippen MR) is 76.0 cm³/mol. The van der Waals surface area contributed by atoms with Crippen molar-refractivity contribution in [3.8, 4) is 11.5 Å². The number of hydrogen-bond acceptors (Lipinski definition) is 2. The van der Waals surface area contributed by atoms with Crippen LogP contribution in [0, 0.1) is 6.92 Å². The van der Waals surface area contributed by atoms with E-state index >= 15 is 0 Å². The second-order valence-electron chi connectivity index (χ2n) is 3.71. The van der Waals surface area contributed by atoms with E-state index in [0.717, 1.165) is 11.5 Å². The molecule has 0 aliphatic heterocycles. The van der Waals surface area contributed by atoms with Gasteiger partial charge in [-0.3, -0.25) is 4.79 Å². The van der Waals surface area contributed by atoms with Crippen molar-refractivity contribution in [2.24, 2.45) is 0 Å². The number of carbonyl (C=O) groups excluding carboxylic acids is 1. The molecule has 0 radical (unpaired) electrons. The average Bonchev–Trinajstić information content (AvgIpc) is 2.33. The molecule has 0 saturated carbocycles. The molecule has 0 unspecified atom stereocenters. The van der Waals surface area contributed by atoms with E-state index in [0.29, 0.717) is 5.56 Å². The van der Waals surface area contributed by atoms with E-state index in [1.807, 2.05) is 31.2 Å². The summed E-state index contributed by atoms with van der Waals surface area (Å²) in [5, 5.41) is 0. The molecule has 0 N–H and O–H groups in total. The highest BCUT2D eigenvalue weighted by atomic mass is 127. The van der Waals surface area contributed by atoms with Gasteiger partial charge < -0.3 is 4.74 Å². The monoisotopic (exact) mass is 338 g/mol. The first-order chi connectivity index (χ1) is 8.15. The lowest BCUT2D eigenvalue weighted by molar-refractivity contribution is 0.110. The van der Waals surface area contributed by atoms with Crippen molar-refractivity contribution in [1.29, 1.82) is 0 Å². The molecule has 2 rings (SSSR count). The molecule has 0 amide bonds. The van der Waals surface area contributed by atoms with Crippen molar-refractivity contribution in [2.45, 2.75) is 6.92 Å². The Morgan fingerprint density at radius 1 is 0.941 bits per heavy atom. The topological polar surface area (TPSA) is 26.3 Å². The maximum Gasteiger partial charge on any atom is 0.222 e. The van der Waals surface area contributed by atoms with Gasteiger partial charge in [0.1, 0.15) is 11.5 Å². The van der Waals surface area contributed by atoms with Gasteiger partial charge >= 0.3 is 0 Å². The van der Waals surface area contributed by atoms with Gasteiger partial charge in [-0.25, -0.2) is 0 Å². The van der Waals surface area contributed by atoms with Gasteiger partial charge in [0.05, 0.1) is 0 Å². The van der Waals surface area contributed by atoms with Crippen LogP contribution in [-0.4, -0.2) is 3.79 Å². The Hall–Kier alpha value is -1.36. The average molecular weight is 338 g/mol. The summed E-state index contributed by atoms with van der Waals surface area (Å²) in [6.45, 7) is 2.03. The molecule has 17 heavy (non-hydrogen) atoms. The van der Waals surface area contributed by atoms with Gasteiger partial charge in [0.15, 0.2) is 0 Å². The molecule has 0 bridgehead atoms. The normalized spacial score (nSPS) is 10.0. The molecule has 0 heterocycles. The Morgan fingerprint density at radius 3 is 1.88 bits per heavy atom. The van der Waals surface area contributed by atoms with Gasteiger partial charge in [0, 0.05) is 28.2 Å². The zero-order chi connectivity index (χ0) is 12.3. The van der Waals surface area contributed by atoms with E-state index in [4.69, 9.17) is 4.74 Å². The Labute approximate surface area is 114 Å². The number of benzene rings is 2. The van der Waals surface area contributed by atoms with Gasteiger partial charge in [-0.1, -0.05) is 17.7 Å². The van der Waals surface area contributed by atoms with Crippen LogP contribution in [0.2, 0.25) is 0 Å². The molecule has 0 fully saturated rings. The van der Waals surface area contributed by atoms with E-state index in [1.54, 1.807) is 46.9 Å². The minimum atomic E-state index is 0.0319. The third-order valence-corrected chi connectivity index (χ3v) is 2.96. The van der Waals surface area contributed by atoms with E-state index in [2.05, 4.69) is 0 Å². The van der Waals surface area contributed by atoms with Crippen molar-refractivity contribution in [3.05, 3.63) is 59.7 Å². The summed E-state index contributed by atoms with van der Waals surface area (Å²) in [7, 11) is 0. The number of rotatable bonds is 3. The minimum Gasteiger partial charge on any atom is -0.457 e. The van der Waals surface area contributed by atoms with E-state index in [9.17, 15) is 4.79 Å². The third-order valence-electron chi connectivity index (χ3n) is 2.34. The maximum atomic E-state index is 11.1. The molecule has 0 spiro atoms. The summed E-state index contributed by atoms with van der Waals surface area (Å²) in [5.41, 5.74) is 1.88. The Kier molecular flexibility index (Phi) is 3.78. The van der Waals surface area contributed by atoms with Crippen LogP contribution in [0.25, 0.3) is 0 Å². The third kappa shape index (κ3) is 3.30. The Balaban J connectivity index is 2.13. The van der Waals surface area contributed by atoms with E-state index < -0.39 is 0 Å². The lowest BCUT2D eigenvalue weighted by Crippen LogP contribution is -1.88. The summed E-state index contributed by atoms with van der Waals surface area (Å²) in [5.74, 6) is 1.53. The zero-order valence-corrected chi connectivity index (χ0v) is 11.5. The predicted octanol–water partition coefficient (Wildman–Crippen LogP) is 4.36. The van der Waals surface area contributed by atoms with Crippen LogP contribution < -0.4 is 4.74 Å². The first kappa shape index (κ1) is 12.1. The largest absolute Gasteiger partial charge is 0.457 e. The molecule has 3 heteroatoms. The molecule has 86 valence electrons. The van der Waals surface area contributed by atoms with Crippen LogP contribution in [0.4, 0.5) is 0 Å². The van der Waals surface area contributed by atoms with Gasteiger partial charge in [-0.15, -0.1) is 0 Å². The SMILES string of the molecule is Cc1ccc(Oc2ccc(C(=O)I)cc2)cc1. The number of aryl methyl sites for hydroxylation is 1. The highest BCUT2D eigenvalue weighted by Gasteiger charge is 2.01. The van der Waals surface area contributed by atoms with Crippen molar-refractivity contribution < 1.29 is 9.53 Å². The molecule has 0 saturated heterocycles. The molecule has 0 aliphatic carbocycles. The summed E-state index contributed by atoms with van der Waals surface area (Å²) in [4.78, 5) is 11.1. The quantitative estimate of drug-likeness (QED) is 0.614. The van der Waals surface area contributed by atoms with Crippen LogP contribution in [0.1, 0.15) is 15.9 Å². The Bertz CT molecular complexity index is 515. The standard InChI is InChI=1S/C14H11IO2/c1-10-2-6-12(7-3-10)17-13-8-4-11(5-9-13)14(15)16/h2-9H,1H3. The number of halogens is 1. The number of hydrogen-bond donors (Lipinski definition) is 0. The second kappa shape index (κ2) is 5.31. The summed E-state index contributed by atoms with van der Waals surface area (Å²) in [6.07, 6.45) is 0. The fourth-order valence-corrected chi connectivity index (χ4v) is 1.76. The fourth-order valence-electron chi connectivity index (χ4n) is 1.40. The lowest BCUT2D eigenvalue weighted by atomic mass is 10.2. The second-order valence-corrected chi connectivity index (χ2v) is 4.69. The fraction of sp³-hybridized carbons (Fsp3) is 0.0714. The van der Waals surface area contributed by atoms with E-state index in [1.165, 1.54) is 5.56 Å². The smallest absolute Gasteiger partial charge is 0.222 e. The van der Waals surface area contributed by atoms with E-state index in [-0.39, 0.29) is 3.79 Å². The molecular formula is C14H11IO2. The number of carbonyl (C=O) groups is 1. The highest BCUT2D eigenvalue weighted by molar-refractivity contribution is 14.1. The Morgan fingerprint density at radius 2 is 1.41 bits per heavy atom. The summed E-state index contributed by atoms with van der Waals surface area (Å²) < 4.78 is 5.69. The lowest BCUT2D eigenvalue weighted by Gasteiger charge is -2.06. The summed E-state index contributed by atoms with van der Waals surface area (Å²) >= 11 is 1.77. The van der Waals surface area contributed by atoms with Gasteiger partial charge in [-0.05, 0) is 43.3 Å². The van der Waals surface area contributed by atoms with Crippen LogP contribution in [0.5, 0.6) is 11.5 Å². The minimum absolute atomic E-state index is 0.0319. The molecule has 0 aromatic heterocycles. The van der Waals surface area contributed by atoms with Crippen LogP contribution in [-0.2, 0) is 0 Å². The van der Waals surface area contributed by atoms with Crippen molar-refractivity contribution in [3.63, 3.8) is 0 Å². The van der Waals surface area contributed by atoms with Crippen molar-refractivity contribution in [2.75, 3.05) is 0 Å². The summed E-state index contributed by atoms with van der Waals surface area (Å²) in [6, 6.07) is 15.0. The molecule has 2 nitrogen and oxygen atoms in total. The first-order valence-electron chi connectivity index (χ1n) is 5.19. The molecule has 0 atom stereocenters. The molecule has 0 aliphatic rings. The molecule has 2 aromatic rings. The van der Waals surface area contributed by atoms with Crippen LogP contribution in [0.3, 0.4) is 0 Å². The molecule has 2 aromatic carbocycles. The zero-order valence-electron chi connectivity index (χ0n) is 9.31. The van der Waals surface area contributed by atoms with Gasteiger partial charge in [0.25, 0.3) is 0 Å². The maximum absolute atomic E-state index is 11.1. The van der Waals surface area contributed by atoms with Crippen molar-refractivity contribution in [1.82, 2.24) is 0 Å². The van der Waals surface area contributed by atoms with Crippen LogP contribution in [0.15, 0.2) is 48.5 Å². The highest BCUT2D eigenvalue weighted by Crippen LogP contribution is 2.22. The van der Waals surface area contributed by atoms with Crippen LogP contribution >= 0.6 is 22.6 Å². The van der Waals surface area contributed by atoms with Gasteiger partial charge in [0.2, 0.25) is 3.79 Å². The molecular weight excluding hydrogens is 327 g/mol. The first-order valence-corrected chi connectivity index (χ1v) is 6.27. The number of ether oxygens (including phenoxy) is 1.